The van der Waals surface area contributed by atoms with Gasteiger partial charge in [-0.1, -0.05) is 12.1 Å². The maximum absolute atomic E-state index is 5.33. The summed E-state index contributed by atoms with van der Waals surface area (Å²) >= 11 is 0. The largest absolute Gasteiger partial charge is 0.495 e. The van der Waals surface area contributed by atoms with E-state index in [1.54, 1.807) is 20.4 Å². The Balaban J connectivity index is 2.85. The van der Waals surface area contributed by atoms with Crippen molar-refractivity contribution in [2.75, 3.05) is 14.2 Å². The smallest absolute Gasteiger partial charge is 0.146 e. The minimum absolute atomic E-state index is 0.680. The average molecular weight is 256 g/mol. The van der Waals surface area contributed by atoms with Gasteiger partial charge in [-0.05, 0) is 31.2 Å². The number of hydrogen-bond donors (Lipinski definition) is 0. The Morgan fingerprint density at radius 2 is 1.74 bits per heavy atom. The van der Waals surface area contributed by atoms with Crippen molar-refractivity contribution < 1.29 is 9.47 Å². The van der Waals surface area contributed by atoms with E-state index in [0.29, 0.717) is 11.5 Å². The van der Waals surface area contributed by atoms with Gasteiger partial charge >= 0.3 is 0 Å². The third-order valence-electron chi connectivity index (χ3n) is 2.65. The molecule has 4 nitrogen and oxygen atoms in total. The Morgan fingerprint density at radius 3 is 2.47 bits per heavy atom. The fraction of sp³-hybridized carbons (Fsp3) is 0.200. The van der Waals surface area contributed by atoms with Gasteiger partial charge in [-0.15, -0.1) is 0 Å². The van der Waals surface area contributed by atoms with Crippen molar-refractivity contribution in [1.29, 1.82) is 0 Å². The van der Waals surface area contributed by atoms with Gasteiger partial charge in [0.2, 0.25) is 0 Å². The first-order valence-electron chi connectivity index (χ1n) is 5.93. The van der Waals surface area contributed by atoms with Crippen molar-refractivity contribution in [3.05, 3.63) is 48.3 Å². The summed E-state index contributed by atoms with van der Waals surface area (Å²) in [5.74, 6) is 1.38. The van der Waals surface area contributed by atoms with Crippen LogP contribution in [0.1, 0.15) is 5.69 Å². The van der Waals surface area contributed by atoms with Crippen LogP contribution in [0.2, 0.25) is 0 Å². The summed E-state index contributed by atoms with van der Waals surface area (Å²) in [6.07, 6.45) is 1.67. The highest BCUT2D eigenvalue weighted by Gasteiger charge is 2.00. The van der Waals surface area contributed by atoms with Crippen molar-refractivity contribution in [3.63, 3.8) is 0 Å². The standard InChI is InChI=1S/C15H16N2O2/c1-11-6-4-7-12(18-2)10-16-13-8-5-9-14(19-3)15(13)17-11/h4-10H,1-3H3. The van der Waals surface area contributed by atoms with Gasteiger partial charge in [0.15, 0.2) is 0 Å². The summed E-state index contributed by atoms with van der Waals surface area (Å²) < 4.78 is 10.6. The molecule has 1 aromatic heterocycles. The summed E-state index contributed by atoms with van der Waals surface area (Å²) in [4.78, 5) is 8.95. The van der Waals surface area contributed by atoms with Crippen LogP contribution in [0.3, 0.4) is 0 Å². The fourth-order valence-electron chi connectivity index (χ4n) is 1.68. The number of hydrogen-bond acceptors (Lipinski definition) is 4. The molecule has 0 amide bonds. The number of nitrogens with zero attached hydrogens (tertiary/aromatic N) is 2. The molecule has 2 aromatic rings. The summed E-state index contributed by atoms with van der Waals surface area (Å²) in [7, 11) is 3.24. The second kappa shape index (κ2) is 6.00. The average Bonchev–Trinajstić information content (AvgIpc) is 2.43. The van der Waals surface area contributed by atoms with Gasteiger partial charge in [0.05, 0.1) is 25.9 Å². The van der Waals surface area contributed by atoms with Crippen molar-refractivity contribution in [2.24, 2.45) is 0 Å². The quantitative estimate of drug-likeness (QED) is 0.828. The summed E-state index contributed by atoms with van der Waals surface area (Å²) in [5.41, 5.74) is 2.34. The van der Waals surface area contributed by atoms with E-state index in [-0.39, 0.29) is 0 Å². The Labute approximate surface area is 112 Å². The second-order valence-corrected chi connectivity index (χ2v) is 3.97. The zero-order valence-corrected chi connectivity index (χ0v) is 11.3. The molecule has 0 atom stereocenters. The van der Waals surface area contributed by atoms with Crippen LogP contribution in [0.5, 0.6) is 11.5 Å². The first-order chi connectivity index (χ1) is 9.24. The molecule has 1 heterocycles. The van der Waals surface area contributed by atoms with Crippen LogP contribution in [0.4, 0.5) is 0 Å². The lowest BCUT2D eigenvalue weighted by atomic mass is 10.3. The second-order valence-electron chi connectivity index (χ2n) is 3.97. The fourth-order valence-corrected chi connectivity index (χ4v) is 1.68. The predicted molar refractivity (Wildman–Crippen MR) is 75.0 cm³/mol. The van der Waals surface area contributed by atoms with Gasteiger partial charge in [-0.25, -0.2) is 4.98 Å². The van der Waals surface area contributed by atoms with Gasteiger partial charge in [-0.2, -0.15) is 0 Å². The van der Waals surface area contributed by atoms with Gasteiger partial charge in [0.25, 0.3) is 0 Å². The Hall–Kier alpha value is -2.36. The van der Waals surface area contributed by atoms with E-state index in [1.807, 2.05) is 43.3 Å². The highest BCUT2D eigenvalue weighted by Crippen LogP contribution is 2.20. The van der Waals surface area contributed by atoms with Crippen molar-refractivity contribution in [3.8, 4) is 11.5 Å². The van der Waals surface area contributed by atoms with Gasteiger partial charge in [0, 0.05) is 5.69 Å². The molecule has 19 heavy (non-hydrogen) atoms. The van der Waals surface area contributed by atoms with Gasteiger partial charge < -0.3 is 9.47 Å². The van der Waals surface area contributed by atoms with Crippen LogP contribution < -0.4 is 9.47 Å². The van der Waals surface area contributed by atoms with Crippen LogP contribution in [0.25, 0.3) is 11.0 Å². The van der Waals surface area contributed by atoms with Crippen molar-refractivity contribution in [1.82, 2.24) is 9.97 Å². The highest BCUT2D eigenvalue weighted by atomic mass is 16.5. The molecule has 0 radical (unpaired) electrons. The van der Waals surface area contributed by atoms with Crippen molar-refractivity contribution >= 4 is 11.0 Å². The summed E-state index contributed by atoms with van der Waals surface area (Å²) in [6.45, 7) is 1.93. The van der Waals surface area contributed by atoms with Gasteiger partial charge in [0.1, 0.15) is 17.0 Å². The first-order valence-corrected chi connectivity index (χ1v) is 5.93. The maximum Gasteiger partial charge on any atom is 0.146 e. The number of benzene rings is 1. The molecule has 2 rings (SSSR count). The van der Waals surface area contributed by atoms with Crippen LogP contribution in [-0.4, -0.2) is 24.2 Å². The molecule has 1 aromatic carbocycles. The highest BCUT2D eigenvalue weighted by molar-refractivity contribution is 5.80. The van der Waals surface area contributed by atoms with Crippen LogP contribution in [-0.2, 0) is 0 Å². The topological polar surface area (TPSA) is 44.2 Å². The predicted octanol–water partition coefficient (Wildman–Crippen LogP) is 3.08. The number of rotatable bonds is 2. The van der Waals surface area contributed by atoms with Crippen LogP contribution >= 0.6 is 0 Å². The van der Waals surface area contributed by atoms with E-state index in [1.165, 1.54) is 0 Å². The molecule has 0 saturated heterocycles. The SMILES string of the molecule is COc1cccc(C)nc2c(OC)cccc2nc1. The van der Waals surface area contributed by atoms with E-state index in [9.17, 15) is 0 Å². The summed E-state index contributed by atoms with van der Waals surface area (Å²) in [5, 5.41) is 0. The Kier molecular flexibility index (Phi) is 4.13. The Morgan fingerprint density at radius 1 is 0.947 bits per heavy atom. The van der Waals surface area contributed by atoms with Crippen molar-refractivity contribution in [2.45, 2.75) is 6.92 Å². The zero-order chi connectivity index (χ0) is 13.7. The minimum Gasteiger partial charge on any atom is -0.495 e. The number of fused-ring (bicyclic) bond motifs is 1. The third-order valence-corrected chi connectivity index (χ3v) is 2.65. The maximum atomic E-state index is 5.33. The molecule has 0 saturated carbocycles. The van der Waals surface area contributed by atoms with E-state index in [2.05, 4.69) is 9.97 Å². The number of aryl methyl sites for hydroxylation is 1. The lowest BCUT2D eigenvalue weighted by Gasteiger charge is -2.02. The zero-order valence-electron chi connectivity index (χ0n) is 11.3. The van der Waals surface area contributed by atoms with E-state index < -0.39 is 0 Å². The number of methoxy groups -OCH3 is 2. The molecule has 4 heteroatoms. The number of aromatic nitrogens is 2. The monoisotopic (exact) mass is 256 g/mol. The Bertz CT molecular complexity index is 640. The van der Waals surface area contributed by atoms with Gasteiger partial charge in [-0.3, -0.25) is 4.98 Å². The molecule has 0 aliphatic heterocycles. The lowest BCUT2D eigenvalue weighted by Crippen LogP contribution is -1.89. The molecule has 98 valence electrons. The minimum atomic E-state index is 0.680. The molecular weight excluding hydrogens is 240 g/mol. The van der Waals surface area contributed by atoms with Crippen LogP contribution in [0.15, 0.2) is 42.6 Å². The molecule has 0 unspecified atom stereocenters. The third kappa shape index (κ3) is 3.10. The number of para-hydroxylation sites is 1. The normalized spacial score (nSPS) is 9.84. The van der Waals surface area contributed by atoms with E-state index >= 15 is 0 Å². The lowest BCUT2D eigenvalue weighted by molar-refractivity contribution is 0.413. The van der Waals surface area contributed by atoms with E-state index in [4.69, 9.17) is 9.47 Å². The molecule has 0 spiro atoms. The summed E-state index contributed by atoms with van der Waals surface area (Å²) in [6, 6.07) is 11.3. The molecule has 0 bridgehead atoms. The molecule has 0 fully saturated rings. The molecule has 0 N–H and O–H groups in total. The first kappa shape index (κ1) is 13.1. The van der Waals surface area contributed by atoms with E-state index in [0.717, 1.165) is 16.7 Å². The molecule has 0 aliphatic rings. The molecule has 0 aliphatic carbocycles. The molecular formula is C15H16N2O2. The van der Waals surface area contributed by atoms with Crippen LogP contribution in [0, 0.1) is 6.92 Å². The number of ether oxygens (including phenoxy) is 2.